The first kappa shape index (κ1) is 14.8. The van der Waals surface area contributed by atoms with Crippen LogP contribution in [0, 0.1) is 0 Å². The maximum atomic E-state index is 4.03. The van der Waals surface area contributed by atoms with E-state index in [-0.39, 0.29) is 24.8 Å². The highest BCUT2D eigenvalue weighted by Crippen LogP contribution is 2.06. The summed E-state index contributed by atoms with van der Waals surface area (Å²) in [6.45, 7) is 0.840. The van der Waals surface area contributed by atoms with Crippen molar-refractivity contribution < 1.29 is 0 Å². The number of aromatic nitrogens is 1. The van der Waals surface area contributed by atoms with Crippen molar-refractivity contribution in [3.8, 4) is 0 Å². The van der Waals surface area contributed by atoms with Gasteiger partial charge >= 0.3 is 0 Å². The van der Waals surface area contributed by atoms with Crippen LogP contribution in [0.2, 0.25) is 0 Å². The van der Waals surface area contributed by atoms with Gasteiger partial charge in [-0.1, -0.05) is 30.3 Å². The van der Waals surface area contributed by atoms with E-state index in [2.05, 4.69) is 22.4 Å². The van der Waals surface area contributed by atoms with E-state index in [4.69, 9.17) is 0 Å². The van der Waals surface area contributed by atoms with Crippen LogP contribution in [0.4, 0.5) is 5.69 Å². The summed E-state index contributed by atoms with van der Waals surface area (Å²) >= 11 is 0. The lowest BCUT2D eigenvalue weighted by Gasteiger charge is -2.04. The van der Waals surface area contributed by atoms with E-state index in [9.17, 15) is 0 Å². The van der Waals surface area contributed by atoms with Crippen LogP contribution >= 0.6 is 24.8 Å². The predicted molar refractivity (Wildman–Crippen MR) is 72.5 cm³/mol. The molecule has 1 heterocycles. The van der Waals surface area contributed by atoms with Crippen LogP contribution in [0.5, 0.6) is 0 Å². The molecular formula is C12H14Cl2N2. The largest absolute Gasteiger partial charge is 0.380 e. The van der Waals surface area contributed by atoms with Gasteiger partial charge in [-0.25, -0.2) is 0 Å². The molecule has 0 saturated carbocycles. The number of benzene rings is 1. The van der Waals surface area contributed by atoms with E-state index in [0.29, 0.717) is 0 Å². The Morgan fingerprint density at radius 3 is 2.31 bits per heavy atom. The third-order valence-corrected chi connectivity index (χ3v) is 2.00. The first-order valence-electron chi connectivity index (χ1n) is 4.63. The quantitative estimate of drug-likeness (QED) is 0.909. The van der Waals surface area contributed by atoms with Gasteiger partial charge in [0.1, 0.15) is 0 Å². The van der Waals surface area contributed by atoms with Crippen LogP contribution in [0.1, 0.15) is 5.56 Å². The third kappa shape index (κ3) is 4.51. The maximum Gasteiger partial charge on any atom is 0.0529 e. The minimum atomic E-state index is 0. The van der Waals surface area contributed by atoms with Gasteiger partial charge in [-0.2, -0.15) is 0 Å². The highest BCUT2D eigenvalue weighted by molar-refractivity contribution is 5.85. The summed E-state index contributed by atoms with van der Waals surface area (Å²) in [6.07, 6.45) is 3.59. The second-order valence-electron chi connectivity index (χ2n) is 3.08. The Morgan fingerprint density at radius 1 is 0.938 bits per heavy atom. The van der Waals surface area contributed by atoms with Gasteiger partial charge < -0.3 is 5.32 Å². The second-order valence-corrected chi connectivity index (χ2v) is 3.08. The van der Waals surface area contributed by atoms with Gasteiger partial charge in [-0.3, -0.25) is 4.98 Å². The van der Waals surface area contributed by atoms with E-state index in [1.165, 1.54) is 5.56 Å². The molecule has 86 valence electrons. The van der Waals surface area contributed by atoms with Gasteiger partial charge in [0.15, 0.2) is 0 Å². The lowest BCUT2D eigenvalue weighted by molar-refractivity contribution is 1.14. The van der Waals surface area contributed by atoms with Gasteiger partial charge in [0, 0.05) is 18.9 Å². The Balaban J connectivity index is 0.00000112. The van der Waals surface area contributed by atoms with Crippen molar-refractivity contribution in [2.75, 3.05) is 5.32 Å². The van der Waals surface area contributed by atoms with Crippen LogP contribution in [-0.4, -0.2) is 4.98 Å². The smallest absolute Gasteiger partial charge is 0.0529 e. The van der Waals surface area contributed by atoms with Crippen molar-refractivity contribution in [3.05, 3.63) is 60.4 Å². The first-order valence-corrected chi connectivity index (χ1v) is 4.63. The molecule has 0 unspecified atom stereocenters. The molecule has 1 aromatic carbocycles. The third-order valence-electron chi connectivity index (χ3n) is 2.00. The SMILES string of the molecule is Cl.Cl.c1ccc(CNc2cccnc2)cc1. The predicted octanol–water partition coefficient (Wildman–Crippen LogP) is 3.54. The highest BCUT2D eigenvalue weighted by Gasteiger charge is 1.91. The Morgan fingerprint density at radius 2 is 1.69 bits per heavy atom. The summed E-state index contributed by atoms with van der Waals surface area (Å²) in [7, 11) is 0. The summed E-state index contributed by atoms with van der Waals surface area (Å²) < 4.78 is 0. The lowest BCUT2D eigenvalue weighted by Crippen LogP contribution is -1.98. The van der Waals surface area contributed by atoms with Crippen molar-refractivity contribution in [1.29, 1.82) is 0 Å². The molecule has 0 radical (unpaired) electrons. The number of halogens is 2. The zero-order valence-corrected chi connectivity index (χ0v) is 10.3. The molecule has 0 aliphatic heterocycles. The monoisotopic (exact) mass is 256 g/mol. The topological polar surface area (TPSA) is 24.9 Å². The van der Waals surface area contributed by atoms with E-state index >= 15 is 0 Å². The zero-order valence-electron chi connectivity index (χ0n) is 8.67. The molecular weight excluding hydrogens is 243 g/mol. The van der Waals surface area contributed by atoms with Gasteiger partial charge in [0.25, 0.3) is 0 Å². The molecule has 1 aromatic heterocycles. The number of nitrogens with zero attached hydrogens (tertiary/aromatic N) is 1. The number of rotatable bonds is 3. The fourth-order valence-electron chi connectivity index (χ4n) is 1.27. The van der Waals surface area contributed by atoms with Crippen LogP contribution in [0.3, 0.4) is 0 Å². The van der Waals surface area contributed by atoms with Crippen LogP contribution < -0.4 is 5.32 Å². The van der Waals surface area contributed by atoms with Crippen LogP contribution in [0.25, 0.3) is 0 Å². The summed E-state index contributed by atoms with van der Waals surface area (Å²) in [5.74, 6) is 0. The number of nitrogens with one attached hydrogen (secondary N) is 1. The molecule has 0 atom stereocenters. The van der Waals surface area contributed by atoms with Crippen molar-refractivity contribution in [1.82, 2.24) is 4.98 Å². The first-order chi connectivity index (χ1) is 6.95. The van der Waals surface area contributed by atoms with Crippen LogP contribution in [0.15, 0.2) is 54.9 Å². The van der Waals surface area contributed by atoms with Crippen molar-refractivity contribution in [3.63, 3.8) is 0 Å². The molecule has 0 spiro atoms. The molecule has 4 heteroatoms. The Bertz CT molecular complexity index is 339. The van der Waals surface area contributed by atoms with Crippen molar-refractivity contribution >= 4 is 30.5 Å². The number of pyridine rings is 1. The molecule has 2 aromatic rings. The molecule has 0 saturated heterocycles. The maximum absolute atomic E-state index is 4.03. The molecule has 2 rings (SSSR count). The summed E-state index contributed by atoms with van der Waals surface area (Å²) in [5.41, 5.74) is 2.33. The lowest BCUT2D eigenvalue weighted by atomic mass is 10.2. The second kappa shape index (κ2) is 7.97. The van der Waals surface area contributed by atoms with Gasteiger partial charge in [0.05, 0.1) is 5.69 Å². The van der Waals surface area contributed by atoms with Gasteiger partial charge in [-0.05, 0) is 17.7 Å². The molecule has 16 heavy (non-hydrogen) atoms. The minimum Gasteiger partial charge on any atom is -0.380 e. The van der Waals surface area contributed by atoms with Gasteiger partial charge in [-0.15, -0.1) is 24.8 Å². The zero-order chi connectivity index (χ0) is 9.64. The Labute approximate surface area is 108 Å². The average molecular weight is 257 g/mol. The van der Waals surface area contributed by atoms with E-state index in [1.807, 2.05) is 36.5 Å². The minimum absolute atomic E-state index is 0. The van der Waals surface area contributed by atoms with Crippen LogP contribution in [-0.2, 0) is 6.54 Å². The van der Waals surface area contributed by atoms with E-state index in [0.717, 1.165) is 12.2 Å². The van der Waals surface area contributed by atoms with Gasteiger partial charge in [0.2, 0.25) is 0 Å². The Hall–Kier alpha value is -1.25. The highest BCUT2D eigenvalue weighted by atomic mass is 35.5. The molecule has 0 bridgehead atoms. The summed E-state index contributed by atoms with van der Waals surface area (Å²) in [5, 5.41) is 3.30. The van der Waals surface area contributed by atoms with Crippen molar-refractivity contribution in [2.24, 2.45) is 0 Å². The molecule has 1 N–H and O–H groups in total. The molecule has 0 fully saturated rings. The standard InChI is InChI=1S/C12H12N2.2ClH/c1-2-5-11(6-3-1)9-14-12-7-4-8-13-10-12;;/h1-8,10,14H,9H2;2*1H. The Kier molecular flexibility index (Phi) is 7.34. The molecule has 0 aliphatic rings. The fourth-order valence-corrected chi connectivity index (χ4v) is 1.27. The molecule has 0 aliphatic carbocycles. The fraction of sp³-hybridized carbons (Fsp3) is 0.0833. The number of hydrogen-bond acceptors (Lipinski definition) is 2. The number of anilines is 1. The molecule has 2 nitrogen and oxygen atoms in total. The van der Waals surface area contributed by atoms with Crippen molar-refractivity contribution in [2.45, 2.75) is 6.54 Å². The average Bonchev–Trinajstić information content (AvgIpc) is 2.29. The summed E-state index contributed by atoms with van der Waals surface area (Å²) in [6, 6.07) is 14.2. The van der Waals surface area contributed by atoms with E-state index < -0.39 is 0 Å². The molecule has 0 amide bonds. The summed E-state index contributed by atoms with van der Waals surface area (Å²) in [4.78, 5) is 4.03. The normalized spacial score (nSPS) is 8.50. The number of hydrogen-bond donors (Lipinski definition) is 1. The van der Waals surface area contributed by atoms with E-state index in [1.54, 1.807) is 6.20 Å².